The number of ether oxygens (including phenoxy) is 2. The Morgan fingerprint density at radius 2 is 1.77 bits per heavy atom. The number of fused-ring (bicyclic) bond motifs is 1. The zero-order valence-corrected chi connectivity index (χ0v) is 23.4. The third-order valence-corrected chi connectivity index (χ3v) is 7.57. The third-order valence-electron chi connectivity index (χ3n) is 7.57. The van der Waals surface area contributed by atoms with E-state index in [1.54, 1.807) is 7.11 Å². The number of methoxy groups -OCH3 is 1. The predicted octanol–water partition coefficient (Wildman–Crippen LogP) is 6.29. The Morgan fingerprint density at radius 1 is 1.05 bits per heavy atom. The molecule has 1 heterocycles. The van der Waals surface area contributed by atoms with Gasteiger partial charge in [-0.2, -0.15) is 0 Å². The second kappa shape index (κ2) is 11.3. The molecule has 1 aliphatic heterocycles. The topological polar surface area (TPSA) is 79.9 Å². The maximum absolute atomic E-state index is 13.8. The first kappa shape index (κ1) is 27.1. The van der Waals surface area contributed by atoms with Crippen LogP contribution < -0.4 is 15.4 Å². The van der Waals surface area contributed by atoms with Crippen LogP contribution in [0.1, 0.15) is 41.8 Å². The number of carbonyl (C=O) groups excluding carboxylic acids is 2. The van der Waals surface area contributed by atoms with Crippen LogP contribution in [0, 0.1) is 12.3 Å². The Bertz CT molecular complexity index is 1480. The lowest BCUT2D eigenvalue weighted by Gasteiger charge is -2.43. The average Bonchev–Trinajstić information content (AvgIpc) is 2.95. The number of hydrogen-bond donors (Lipinski definition) is 2. The van der Waals surface area contributed by atoms with Crippen LogP contribution in [0.15, 0.2) is 96.3 Å². The Hall–Kier alpha value is -4.52. The van der Waals surface area contributed by atoms with Gasteiger partial charge in [0.1, 0.15) is 24.3 Å². The maximum atomic E-state index is 13.8. The summed E-state index contributed by atoms with van der Waals surface area (Å²) in [6, 6.07) is 23.2. The highest BCUT2D eigenvalue weighted by Crippen LogP contribution is 2.42. The van der Waals surface area contributed by atoms with Gasteiger partial charge in [-0.05, 0) is 79.4 Å². The standard InChI is InChI=1S/C33H35N3O4/c1-22-9-5-6-10-25(22)20-36-31(35-29-12-8-7-11-28(29)32(36)38)24-13-18-30(39-4)33(3,19-24)21-40-27-16-14-26(15-17-27)34-23(2)37/h5-18,31,35H,19-21H2,1-4H3,(H,34,37). The molecule has 7 heteroatoms. The van der Waals surface area contributed by atoms with Gasteiger partial charge in [0, 0.05) is 24.8 Å². The molecule has 2 amide bonds. The zero-order chi connectivity index (χ0) is 28.3. The number of carbonyl (C=O) groups is 2. The molecule has 0 bridgehead atoms. The molecule has 2 atom stereocenters. The quantitative estimate of drug-likeness (QED) is 0.353. The van der Waals surface area contributed by atoms with Crippen molar-refractivity contribution >= 4 is 23.2 Å². The van der Waals surface area contributed by atoms with Crippen LogP contribution in [0.4, 0.5) is 11.4 Å². The fraction of sp³-hybridized carbons (Fsp3) is 0.273. The van der Waals surface area contributed by atoms with Gasteiger partial charge in [-0.25, -0.2) is 0 Å². The van der Waals surface area contributed by atoms with Crippen LogP contribution in [0.5, 0.6) is 5.75 Å². The van der Waals surface area contributed by atoms with Crippen LogP contribution in [-0.4, -0.2) is 36.6 Å². The lowest BCUT2D eigenvalue weighted by atomic mass is 9.77. The Balaban J connectivity index is 1.41. The molecule has 7 nitrogen and oxygen atoms in total. The van der Waals surface area contributed by atoms with Gasteiger partial charge in [0.05, 0.1) is 18.1 Å². The van der Waals surface area contributed by atoms with E-state index in [1.165, 1.54) is 6.92 Å². The summed E-state index contributed by atoms with van der Waals surface area (Å²) in [5.74, 6) is 1.40. The Kier molecular flexibility index (Phi) is 7.65. The number of rotatable bonds is 8. The van der Waals surface area contributed by atoms with Gasteiger partial charge in [-0.15, -0.1) is 0 Å². The summed E-state index contributed by atoms with van der Waals surface area (Å²) in [6.45, 7) is 6.53. The second-order valence-corrected chi connectivity index (χ2v) is 10.7. The lowest BCUT2D eigenvalue weighted by molar-refractivity contribution is -0.114. The molecule has 40 heavy (non-hydrogen) atoms. The molecule has 0 radical (unpaired) electrons. The van der Waals surface area contributed by atoms with Crippen molar-refractivity contribution in [1.29, 1.82) is 0 Å². The largest absolute Gasteiger partial charge is 0.500 e. The number of benzene rings is 3. The first-order chi connectivity index (χ1) is 19.3. The van der Waals surface area contributed by atoms with Crippen molar-refractivity contribution in [2.45, 2.75) is 39.9 Å². The summed E-state index contributed by atoms with van der Waals surface area (Å²) < 4.78 is 12.0. The summed E-state index contributed by atoms with van der Waals surface area (Å²) >= 11 is 0. The lowest BCUT2D eigenvalue weighted by Crippen LogP contribution is -2.50. The first-order valence-corrected chi connectivity index (χ1v) is 13.4. The summed E-state index contributed by atoms with van der Waals surface area (Å²) in [5.41, 5.74) is 5.09. The minimum absolute atomic E-state index is 0.00207. The first-order valence-electron chi connectivity index (χ1n) is 13.4. The van der Waals surface area contributed by atoms with E-state index < -0.39 is 5.41 Å². The summed E-state index contributed by atoms with van der Waals surface area (Å²) in [7, 11) is 1.67. The number of aryl methyl sites for hydroxylation is 1. The highest BCUT2D eigenvalue weighted by molar-refractivity contribution is 6.02. The molecule has 0 saturated carbocycles. The number of nitrogens with zero attached hydrogens (tertiary/aromatic N) is 1. The van der Waals surface area contributed by atoms with Crippen molar-refractivity contribution < 1.29 is 19.1 Å². The number of para-hydroxylation sites is 1. The van der Waals surface area contributed by atoms with Crippen LogP contribution in [-0.2, 0) is 16.1 Å². The zero-order valence-electron chi connectivity index (χ0n) is 23.4. The smallest absolute Gasteiger partial charge is 0.258 e. The normalized spacial score (nSPS) is 20.1. The Labute approximate surface area is 235 Å². The summed E-state index contributed by atoms with van der Waals surface area (Å²) in [5, 5.41) is 6.41. The predicted molar refractivity (Wildman–Crippen MR) is 157 cm³/mol. The number of hydrogen-bond acceptors (Lipinski definition) is 5. The van der Waals surface area contributed by atoms with Crippen molar-refractivity contribution in [3.05, 3.63) is 113 Å². The van der Waals surface area contributed by atoms with Gasteiger partial charge in [-0.1, -0.05) is 42.5 Å². The van der Waals surface area contributed by atoms with Gasteiger partial charge in [0.15, 0.2) is 0 Å². The molecule has 0 spiro atoms. The van der Waals surface area contributed by atoms with Crippen LogP contribution in [0.3, 0.4) is 0 Å². The van der Waals surface area contributed by atoms with E-state index in [4.69, 9.17) is 9.47 Å². The van der Waals surface area contributed by atoms with Crippen molar-refractivity contribution in [3.63, 3.8) is 0 Å². The fourth-order valence-electron chi connectivity index (χ4n) is 5.40. The van der Waals surface area contributed by atoms with Crippen LogP contribution in [0.25, 0.3) is 0 Å². The SMILES string of the molecule is COC1=CC=C(C2Nc3ccccc3C(=O)N2Cc2ccccc2C)CC1(C)COc1ccc(NC(C)=O)cc1. The number of amides is 2. The molecule has 0 fully saturated rings. The average molecular weight is 538 g/mol. The van der Waals surface area contributed by atoms with E-state index in [9.17, 15) is 9.59 Å². The van der Waals surface area contributed by atoms with E-state index in [0.29, 0.717) is 36.6 Å². The molecule has 3 aromatic rings. The molecule has 206 valence electrons. The van der Waals surface area contributed by atoms with Gasteiger partial charge in [-0.3, -0.25) is 9.59 Å². The molecule has 2 unspecified atom stereocenters. The van der Waals surface area contributed by atoms with Crippen LogP contribution >= 0.6 is 0 Å². The second-order valence-electron chi connectivity index (χ2n) is 10.7. The minimum Gasteiger partial charge on any atom is -0.500 e. The number of allylic oxidation sites excluding steroid dienone is 2. The van der Waals surface area contributed by atoms with Gasteiger partial charge in [0.25, 0.3) is 5.91 Å². The van der Waals surface area contributed by atoms with Gasteiger partial charge in [0.2, 0.25) is 5.91 Å². The van der Waals surface area contributed by atoms with Gasteiger partial charge < -0.3 is 25.0 Å². The van der Waals surface area contributed by atoms with E-state index in [1.807, 2.05) is 71.6 Å². The molecule has 1 aliphatic carbocycles. The Morgan fingerprint density at radius 3 is 2.50 bits per heavy atom. The van der Waals surface area contributed by atoms with Crippen molar-refractivity contribution in [3.8, 4) is 5.75 Å². The fourth-order valence-corrected chi connectivity index (χ4v) is 5.40. The van der Waals surface area contributed by atoms with Crippen molar-refractivity contribution in [2.24, 2.45) is 5.41 Å². The third kappa shape index (κ3) is 5.59. The molecular weight excluding hydrogens is 502 g/mol. The molecule has 0 aromatic heterocycles. The van der Waals surface area contributed by atoms with E-state index in [0.717, 1.165) is 28.1 Å². The maximum Gasteiger partial charge on any atom is 0.258 e. The number of nitrogens with one attached hydrogen (secondary N) is 2. The number of anilines is 2. The van der Waals surface area contributed by atoms with E-state index >= 15 is 0 Å². The molecule has 2 aliphatic rings. The molecule has 2 N–H and O–H groups in total. The monoisotopic (exact) mass is 537 g/mol. The highest BCUT2D eigenvalue weighted by atomic mass is 16.5. The van der Waals surface area contributed by atoms with Gasteiger partial charge >= 0.3 is 0 Å². The summed E-state index contributed by atoms with van der Waals surface area (Å²) in [6.07, 6.45) is 4.36. The molecule has 5 rings (SSSR count). The van der Waals surface area contributed by atoms with Crippen LogP contribution in [0.2, 0.25) is 0 Å². The van der Waals surface area contributed by atoms with E-state index in [2.05, 4.69) is 42.7 Å². The summed E-state index contributed by atoms with van der Waals surface area (Å²) in [4.78, 5) is 27.1. The van der Waals surface area contributed by atoms with Crippen molar-refractivity contribution in [2.75, 3.05) is 24.4 Å². The van der Waals surface area contributed by atoms with E-state index in [-0.39, 0.29) is 18.0 Å². The molecular formula is C33H35N3O4. The minimum atomic E-state index is -0.467. The van der Waals surface area contributed by atoms with Crippen molar-refractivity contribution in [1.82, 2.24) is 4.90 Å². The molecule has 0 saturated heterocycles. The highest BCUT2D eigenvalue weighted by Gasteiger charge is 2.41. The molecule has 3 aromatic carbocycles.